The van der Waals surface area contributed by atoms with Gasteiger partial charge in [0.05, 0.1) is 12.0 Å². The predicted octanol–water partition coefficient (Wildman–Crippen LogP) is 3.67. The number of carbonyl (C=O) groups is 1. The minimum absolute atomic E-state index is 0.0701. The molecule has 7 nitrogen and oxygen atoms in total. The third-order valence-corrected chi connectivity index (χ3v) is 3.53. The number of nitrogens with one attached hydrogen (secondary N) is 1. The van der Waals surface area contributed by atoms with Gasteiger partial charge in [0.2, 0.25) is 0 Å². The molecule has 0 saturated carbocycles. The Morgan fingerprint density at radius 3 is 2.62 bits per heavy atom. The maximum Gasteiger partial charge on any atom is 0.387 e. The molecular weight excluding hydrogens is 350 g/mol. The van der Waals surface area contributed by atoms with Crippen LogP contribution in [0.15, 0.2) is 36.4 Å². The van der Waals surface area contributed by atoms with Gasteiger partial charge in [-0.1, -0.05) is 6.07 Å². The molecule has 0 saturated heterocycles. The molecule has 138 valence electrons. The summed E-state index contributed by atoms with van der Waals surface area (Å²) in [6.45, 7) is -2.61. The maximum absolute atomic E-state index is 12.3. The lowest BCUT2D eigenvalue weighted by Crippen LogP contribution is -2.08. The lowest BCUT2D eigenvalue weighted by molar-refractivity contribution is -0.384. The number of benzene rings is 2. The summed E-state index contributed by atoms with van der Waals surface area (Å²) in [6.07, 6.45) is 0.990. The van der Waals surface area contributed by atoms with Gasteiger partial charge >= 0.3 is 6.61 Å². The van der Waals surface area contributed by atoms with E-state index in [0.29, 0.717) is 19.3 Å². The fourth-order valence-electron chi connectivity index (χ4n) is 2.32. The first kappa shape index (κ1) is 19.1. The van der Waals surface area contributed by atoms with E-state index in [2.05, 4.69) is 10.1 Å². The molecule has 0 amide bonds. The van der Waals surface area contributed by atoms with E-state index >= 15 is 0 Å². The summed E-state index contributed by atoms with van der Waals surface area (Å²) in [5.41, 5.74) is 1.06. The van der Waals surface area contributed by atoms with Crippen molar-refractivity contribution in [1.82, 2.24) is 0 Å². The van der Waals surface area contributed by atoms with E-state index in [1.807, 2.05) is 0 Å². The van der Waals surface area contributed by atoms with E-state index < -0.39 is 11.5 Å². The second-order valence-corrected chi connectivity index (χ2v) is 5.19. The summed E-state index contributed by atoms with van der Waals surface area (Å²) in [7, 11) is 1.34. The molecule has 0 spiro atoms. The standard InChI is InChI=1S/C17H16F2N2O5/c1-25-16-9-11(3-5-15(16)26-17(18)19)6-7-20-13-4-2-12(10-22)8-14(13)21(23)24/h2-5,8-10,17,20H,6-7H2,1H3. The van der Waals surface area contributed by atoms with Gasteiger partial charge in [-0.15, -0.1) is 0 Å². The summed E-state index contributed by atoms with van der Waals surface area (Å²) >= 11 is 0. The highest BCUT2D eigenvalue weighted by atomic mass is 19.3. The lowest BCUT2D eigenvalue weighted by atomic mass is 10.1. The number of hydrogen-bond acceptors (Lipinski definition) is 6. The number of nitrogens with zero attached hydrogens (tertiary/aromatic N) is 1. The number of nitro groups is 1. The summed E-state index contributed by atoms with van der Waals surface area (Å²) in [5, 5.41) is 14.0. The van der Waals surface area contributed by atoms with Crippen molar-refractivity contribution >= 4 is 17.7 Å². The van der Waals surface area contributed by atoms with Gasteiger partial charge in [-0.3, -0.25) is 14.9 Å². The van der Waals surface area contributed by atoms with Gasteiger partial charge in [0, 0.05) is 18.2 Å². The zero-order valence-electron chi connectivity index (χ0n) is 13.8. The van der Waals surface area contributed by atoms with Gasteiger partial charge in [0.25, 0.3) is 5.69 Å². The van der Waals surface area contributed by atoms with Crippen molar-refractivity contribution < 1.29 is 28.0 Å². The van der Waals surface area contributed by atoms with Gasteiger partial charge in [0.15, 0.2) is 11.5 Å². The summed E-state index contributed by atoms with van der Waals surface area (Å²) in [6, 6.07) is 8.66. The van der Waals surface area contributed by atoms with Crippen molar-refractivity contribution in [2.75, 3.05) is 19.0 Å². The molecule has 0 aliphatic rings. The van der Waals surface area contributed by atoms with Gasteiger partial charge in [-0.05, 0) is 36.2 Å². The van der Waals surface area contributed by atoms with Crippen LogP contribution in [0.5, 0.6) is 11.5 Å². The molecular formula is C17H16F2N2O5. The number of halogens is 2. The van der Waals surface area contributed by atoms with Crippen LogP contribution >= 0.6 is 0 Å². The molecule has 0 bridgehead atoms. The average molecular weight is 366 g/mol. The molecule has 26 heavy (non-hydrogen) atoms. The highest BCUT2D eigenvalue weighted by Crippen LogP contribution is 2.30. The zero-order chi connectivity index (χ0) is 19.1. The Labute approximate surface area is 147 Å². The number of carbonyl (C=O) groups excluding carboxylic acids is 1. The van der Waals surface area contributed by atoms with Crippen LogP contribution in [0.25, 0.3) is 0 Å². The topological polar surface area (TPSA) is 90.7 Å². The lowest BCUT2D eigenvalue weighted by Gasteiger charge is -2.12. The van der Waals surface area contributed by atoms with Crippen LogP contribution in [0, 0.1) is 10.1 Å². The van der Waals surface area contributed by atoms with Crippen molar-refractivity contribution in [2.45, 2.75) is 13.0 Å². The molecule has 0 radical (unpaired) electrons. The van der Waals surface area contributed by atoms with Crippen LogP contribution < -0.4 is 14.8 Å². The van der Waals surface area contributed by atoms with Crippen molar-refractivity contribution in [1.29, 1.82) is 0 Å². The molecule has 0 aliphatic carbocycles. The Balaban J connectivity index is 2.06. The average Bonchev–Trinajstić information content (AvgIpc) is 2.62. The molecule has 2 aromatic carbocycles. The Kier molecular flexibility index (Phi) is 6.42. The molecule has 0 aliphatic heterocycles. The first-order chi connectivity index (χ1) is 12.4. The van der Waals surface area contributed by atoms with E-state index in [4.69, 9.17) is 4.74 Å². The molecule has 0 unspecified atom stereocenters. The smallest absolute Gasteiger partial charge is 0.387 e. The molecule has 0 fully saturated rings. The normalized spacial score (nSPS) is 10.5. The van der Waals surface area contributed by atoms with Crippen LogP contribution in [-0.2, 0) is 6.42 Å². The van der Waals surface area contributed by atoms with E-state index in [1.165, 1.54) is 31.4 Å². The molecule has 2 rings (SSSR count). The minimum Gasteiger partial charge on any atom is -0.493 e. The fourth-order valence-corrected chi connectivity index (χ4v) is 2.32. The van der Waals surface area contributed by atoms with Crippen molar-refractivity contribution in [2.24, 2.45) is 0 Å². The van der Waals surface area contributed by atoms with Crippen LogP contribution in [-0.4, -0.2) is 31.5 Å². The maximum atomic E-state index is 12.3. The van der Waals surface area contributed by atoms with Gasteiger partial charge in [-0.25, -0.2) is 0 Å². The highest BCUT2D eigenvalue weighted by molar-refractivity contribution is 5.79. The third kappa shape index (κ3) is 4.88. The summed E-state index contributed by atoms with van der Waals surface area (Å²) in [5.74, 6) is 0.100. The number of ether oxygens (including phenoxy) is 2. The van der Waals surface area contributed by atoms with Crippen molar-refractivity contribution in [3.8, 4) is 11.5 Å². The van der Waals surface area contributed by atoms with Gasteiger partial charge < -0.3 is 14.8 Å². The van der Waals surface area contributed by atoms with Crippen LogP contribution in [0.2, 0.25) is 0 Å². The highest BCUT2D eigenvalue weighted by Gasteiger charge is 2.15. The number of rotatable bonds is 9. The molecule has 0 aromatic heterocycles. The molecule has 0 heterocycles. The molecule has 0 atom stereocenters. The second kappa shape index (κ2) is 8.75. The van der Waals surface area contributed by atoms with E-state index in [1.54, 1.807) is 12.1 Å². The van der Waals surface area contributed by atoms with Gasteiger partial charge in [0.1, 0.15) is 12.0 Å². The van der Waals surface area contributed by atoms with E-state index in [0.717, 1.165) is 5.56 Å². The zero-order valence-corrected chi connectivity index (χ0v) is 13.8. The number of alkyl halides is 2. The SMILES string of the molecule is COc1cc(CCNc2ccc(C=O)cc2[N+](=O)[O-])ccc1OC(F)F. The number of hydrogen-bond donors (Lipinski definition) is 1. The molecule has 1 N–H and O–H groups in total. The van der Waals surface area contributed by atoms with Gasteiger partial charge in [-0.2, -0.15) is 8.78 Å². The minimum atomic E-state index is -2.95. The Hall–Kier alpha value is -3.23. The predicted molar refractivity (Wildman–Crippen MR) is 90.3 cm³/mol. The summed E-state index contributed by atoms with van der Waals surface area (Å²) in [4.78, 5) is 21.2. The van der Waals surface area contributed by atoms with Crippen LogP contribution in [0.4, 0.5) is 20.2 Å². The summed E-state index contributed by atoms with van der Waals surface area (Å²) < 4.78 is 34.0. The largest absolute Gasteiger partial charge is 0.493 e. The first-order valence-corrected chi connectivity index (χ1v) is 7.53. The van der Waals surface area contributed by atoms with E-state index in [9.17, 15) is 23.7 Å². The second-order valence-electron chi connectivity index (χ2n) is 5.19. The Morgan fingerprint density at radius 1 is 1.23 bits per heavy atom. The number of methoxy groups -OCH3 is 1. The number of nitro benzene ring substituents is 1. The first-order valence-electron chi connectivity index (χ1n) is 7.53. The Morgan fingerprint density at radius 2 is 2.00 bits per heavy atom. The van der Waals surface area contributed by atoms with Crippen LogP contribution in [0.1, 0.15) is 15.9 Å². The number of anilines is 1. The third-order valence-electron chi connectivity index (χ3n) is 3.53. The van der Waals surface area contributed by atoms with Crippen molar-refractivity contribution in [3.05, 3.63) is 57.6 Å². The molecule has 2 aromatic rings. The van der Waals surface area contributed by atoms with E-state index in [-0.39, 0.29) is 28.4 Å². The Bertz CT molecular complexity index is 799. The number of aldehydes is 1. The molecule has 9 heteroatoms. The fraction of sp³-hybridized carbons (Fsp3) is 0.235. The van der Waals surface area contributed by atoms with Crippen LogP contribution in [0.3, 0.4) is 0 Å². The van der Waals surface area contributed by atoms with Crippen molar-refractivity contribution in [3.63, 3.8) is 0 Å². The monoisotopic (exact) mass is 366 g/mol. The quantitative estimate of drug-likeness (QED) is 0.414.